The average molecular weight is 302 g/mol. The van der Waals surface area contributed by atoms with Gasteiger partial charge in [-0.15, -0.1) is 0 Å². The first-order chi connectivity index (χ1) is 10.4. The second kappa shape index (κ2) is 7.28. The van der Waals surface area contributed by atoms with Crippen molar-refractivity contribution in [3.05, 3.63) is 35.9 Å². The monoisotopic (exact) mass is 302 g/mol. The molecular formula is C19H30N2O. The largest absolute Gasteiger partial charge is 0.353 e. The minimum absolute atomic E-state index is 0.0668. The molecule has 1 saturated heterocycles. The Labute approximate surface area is 135 Å². The number of nitrogens with one attached hydrogen (secondary N) is 1. The van der Waals surface area contributed by atoms with Crippen LogP contribution in [-0.4, -0.2) is 37.0 Å². The van der Waals surface area contributed by atoms with E-state index in [1.165, 1.54) is 5.56 Å². The van der Waals surface area contributed by atoms with Crippen molar-refractivity contribution in [1.82, 2.24) is 10.2 Å². The highest BCUT2D eigenvalue weighted by Gasteiger charge is 2.27. The highest BCUT2D eigenvalue weighted by molar-refractivity contribution is 5.79. The topological polar surface area (TPSA) is 32.3 Å². The van der Waals surface area contributed by atoms with E-state index in [-0.39, 0.29) is 23.3 Å². The van der Waals surface area contributed by atoms with E-state index in [0.717, 1.165) is 32.4 Å². The molecule has 0 spiro atoms. The number of benzene rings is 1. The van der Waals surface area contributed by atoms with Crippen molar-refractivity contribution in [3.8, 4) is 0 Å². The standard InChI is InChI=1S/C19H30N2O/c1-15(13-19(2,3)17-10-6-5-7-11-17)20-18(22)16-9-8-12-21(4)14-16/h5-7,10-11,15-16H,8-9,12-14H2,1-4H3,(H,20,22)/t15-,16+/m1/s1. The Hall–Kier alpha value is -1.35. The molecule has 0 aromatic heterocycles. The maximum atomic E-state index is 12.4. The van der Waals surface area contributed by atoms with Crippen molar-refractivity contribution in [1.29, 1.82) is 0 Å². The third kappa shape index (κ3) is 4.57. The zero-order chi connectivity index (χ0) is 16.2. The second-order valence-corrected chi connectivity index (χ2v) is 7.47. The van der Waals surface area contributed by atoms with Crippen molar-refractivity contribution < 1.29 is 4.79 Å². The van der Waals surface area contributed by atoms with Crippen LogP contribution in [0.4, 0.5) is 0 Å². The summed E-state index contributed by atoms with van der Waals surface area (Å²) in [6.07, 6.45) is 3.09. The van der Waals surface area contributed by atoms with E-state index in [2.05, 4.69) is 62.3 Å². The third-order valence-corrected chi connectivity index (χ3v) is 4.76. The molecule has 0 saturated carbocycles. The molecule has 3 nitrogen and oxygen atoms in total. The zero-order valence-electron chi connectivity index (χ0n) is 14.4. The molecule has 1 aliphatic rings. The minimum Gasteiger partial charge on any atom is -0.353 e. The maximum absolute atomic E-state index is 12.4. The van der Waals surface area contributed by atoms with Gasteiger partial charge in [-0.25, -0.2) is 0 Å². The van der Waals surface area contributed by atoms with Crippen LogP contribution in [-0.2, 0) is 10.2 Å². The van der Waals surface area contributed by atoms with Gasteiger partial charge in [0.15, 0.2) is 0 Å². The van der Waals surface area contributed by atoms with E-state index in [1.54, 1.807) is 0 Å². The van der Waals surface area contributed by atoms with Crippen LogP contribution in [0, 0.1) is 5.92 Å². The van der Waals surface area contributed by atoms with Crippen molar-refractivity contribution in [2.24, 2.45) is 5.92 Å². The summed E-state index contributed by atoms with van der Waals surface area (Å²) in [4.78, 5) is 14.7. The fourth-order valence-corrected chi connectivity index (χ4v) is 3.56. The Balaban J connectivity index is 1.89. The van der Waals surface area contributed by atoms with Crippen molar-refractivity contribution in [3.63, 3.8) is 0 Å². The van der Waals surface area contributed by atoms with Gasteiger partial charge in [-0.1, -0.05) is 44.2 Å². The van der Waals surface area contributed by atoms with Gasteiger partial charge in [0.2, 0.25) is 5.91 Å². The van der Waals surface area contributed by atoms with E-state index in [4.69, 9.17) is 0 Å². The van der Waals surface area contributed by atoms with Crippen LogP contribution in [0.1, 0.15) is 45.6 Å². The molecule has 22 heavy (non-hydrogen) atoms. The van der Waals surface area contributed by atoms with Gasteiger partial charge in [-0.05, 0) is 50.8 Å². The van der Waals surface area contributed by atoms with Crippen LogP contribution >= 0.6 is 0 Å². The molecule has 1 aromatic rings. The summed E-state index contributed by atoms with van der Waals surface area (Å²) >= 11 is 0. The SMILES string of the molecule is C[C@H](CC(C)(C)c1ccccc1)NC(=O)[C@H]1CCCN(C)C1. The van der Waals surface area contributed by atoms with Gasteiger partial charge in [-0.2, -0.15) is 0 Å². The Morgan fingerprint density at radius 3 is 2.68 bits per heavy atom. The summed E-state index contributed by atoms with van der Waals surface area (Å²) in [5.41, 5.74) is 1.39. The molecule has 0 aliphatic carbocycles. The fraction of sp³-hybridized carbons (Fsp3) is 0.632. The highest BCUT2D eigenvalue weighted by Crippen LogP contribution is 2.28. The Bertz CT molecular complexity index is 483. The number of carbonyl (C=O) groups is 1. The summed E-state index contributed by atoms with van der Waals surface area (Å²) in [7, 11) is 2.10. The molecule has 0 bridgehead atoms. The molecule has 2 atom stereocenters. The Kier molecular flexibility index (Phi) is 5.63. The van der Waals surface area contributed by atoms with Crippen LogP contribution in [0.2, 0.25) is 0 Å². The zero-order valence-corrected chi connectivity index (χ0v) is 14.4. The molecule has 2 rings (SSSR count). The molecule has 1 amide bonds. The van der Waals surface area contributed by atoms with Gasteiger partial charge in [0.1, 0.15) is 0 Å². The lowest BCUT2D eigenvalue weighted by Crippen LogP contribution is -2.45. The highest BCUT2D eigenvalue weighted by atomic mass is 16.2. The second-order valence-electron chi connectivity index (χ2n) is 7.47. The molecule has 0 radical (unpaired) electrons. The smallest absolute Gasteiger partial charge is 0.224 e. The predicted octanol–water partition coefficient (Wildman–Crippen LogP) is 3.20. The molecule has 1 aliphatic heterocycles. The van der Waals surface area contributed by atoms with Crippen LogP contribution < -0.4 is 5.32 Å². The number of rotatable bonds is 5. The number of nitrogens with zero attached hydrogens (tertiary/aromatic N) is 1. The quantitative estimate of drug-likeness (QED) is 0.906. The number of piperidine rings is 1. The Morgan fingerprint density at radius 1 is 1.36 bits per heavy atom. The van der Waals surface area contributed by atoms with Gasteiger partial charge < -0.3 is 10.2 Å². The molecule has 3 heteroatoms. The van der Waals surface area contributed by atoms with E-state index < -0.39 is 0 Å². The number of hydrogen-bond donors (Lipinski definition) is 1. The van der Waals surface area contributed by atoms with Gasteiger partial charge in [0.05, 0.1) is 5.92 Å². The van der Waals surface area contributed by atoms with E-state index in [1.807, 2.05) is 6.07 Å². The molecule has 1 N–H and O–H groups in total. The van der Waals surface area contributed by atoms with E-state index in [9.17, 15) is 4.79 Å². The van der Waals surface area contributed by atoms with Crippen LogP contribution in [0.15, 0.2) is 30.3 Å². The molecule has 1 heterocycles. The minimum atomic E-state index is 0.0668. The summed E-state index contributed by atoms with van der Waals surface area (Å²) < 4.78 is 0. The first-order valence-corrected chi connectivity index (χ1v) is 8.43. The van der Waals surface area contributed by atoms with Crippen molar-refractivity contribution in [2.75, 3.05) is 20.1 Å². The van der Waals surface area contributed by atoms with Gasteiger partial charge in [0.25, 0.3) is 0 Å². The molecule has 122 valence electrons. The summed E-state index contributed by atoms with van der Waals surface area (Å²) in [5.74, 6) is 0.379. The summed E-state index contributed by atoms with van der Waals surface area (Å²) in [6.45, 7) is 8.62. The van der Waals surface area contributed by atoms with E-state index in [0.29, 0.717) is 0 Å². The molecule has 0 unspecified atom stereocenters. The first-order valence-electron chi connectivity index (χ1n) is 8.43. The van der Waals surface area contributed by atoms with Crippen molar-refractivity contribution in [2.45, 2.75) is 51.5 Å². The lowest BCUT2D eigenvalue weighted by Gasteiger charge is -2.32. The molecule has 1 aromatic carbocycles. The first kappa shape index (κ1) is 17.0. The number of carbonyl (C=O) groups excluding carboxylic acids is 1. The van der Waals surface area contributed by atoms with Crippen LogP contribution in [0.3, 0.4) is 0 Å². The predicted molar refractivity (Wildman–Crippen MR) is 91.9 cm³/mol. The number of likely N-dealkylation sites (tertiary alicyclic amines) is 1. The number of amides is 1. The fourth-order valence-electron chi connectivity index (χ4n) is 3.56. The maximum Gasteiger partial charge on any atom is 0.224 e. The lowest BCUT2D eigenvalue weighted by atomic mass is 9.79. The average Bonchev–Trinajstić information content (AvgIpc) is 2.47. The van der Waals surface area contributed by atoms with E-state index >= 15 is 0 Å². The van der Waals surface area contributed by atoms with Crippen LogP contribution in [0.25, 0.3) is 0 Å². The molecule has 1 fully saturated rings. The lowest BCUT2D eigenvalue weighted by molar-refractivity contribution is -0.127. The summed E-state index contributed by atoms with van der Waals surface area (Å²) in [6, 6.07) is 10.7. The van der Waals surface area contributed by atoms with Crippen molar-refractivity contribution >= 4 is 5.91 Å². The number of hydrogen-bond acceptors (Lipinski definition) is 2. The third-order valence-electron chi connectivity index (χ3n) is 4.76. The van der Waals surface area contributed by atoms with Crippen LogP contribution in [0.5, 0.6) is 0 Å². The van der Waals surface area contributed by atoms with Gasteiger partial charge in [-0.3, -0.25) is 4.79 Å². The summed E-state index contributed by atoms with van der Waals surface area (Å²) in [5, 5.41) is 3.23. The Morgan fingerprint density at radius 2 is 2.05 bits per heavy atom. The normalized spacial score (nSPS) is 21.4. The van der Waals surface area contributed by atoms with Gasteiger partial charge >= 0.3 is 0 Å². The molecular weight excluding hydrogens is 272 g/mol. The van der Waals surface area contributed by atoms with Gasteiger partial charge in [0, 0.05) is 12.6 Å².